The summed E-state index contributed by atoms with van der Waals surface area (Å²) in [5.74, 6) is -4.32. The number of aromatic nitrogens is 1. The van der Waals surface area contributed by atoms with Crippen molar-refractivity contribution < 1.29 is 50.9 Å². The Morgan fingerprint density at radius 2 is 1.57 bits per heavy atom. The van der Waals surface area contributed by atoms with Crippen molar-refractivity contribution in [1.82, 2.24) is 4.98 Å². The van der Waals surface area contributed by atoms with Crippen LogP contribution in [0.25, 0.3) is 0 Å². The number of pyridine rings is 1. The Hall–Kier alpha value is -3.31. The van der Waals surface area contributed by atoms with E-state index in [1.54, 1.807) is 6.92 Å². The topological polar surface area (TPSA) is 96.7 Å². The molecule has 2 rings (SSSR count). The largest absolute Gasteiger partial charge is 0.490 e. The van der Waals surface area contributed by atoms with Crippen LogP contribution in [0.1, 0.15) is 21.6 Å². The Morgan fingerprint density at radius 1 is 1.00 bits per heavy atom. The molecule has 0 bridgehead atoms. The Balaban J connectivity index is 0.000000480. The lowest BCUT2D eigenvalue weighted by atomic mass is 10.1. The molecule has 2 aromatic rings. The number of carboxylic acid groups (broad SMARTS) is 2. The Kier molecular flexibility index (Phi) is 6.97. The number of carbonyl (C=O) groups is 2. The van der Waals surface area contributed by atoms with Crippen molar-refractivity contribution in [2.24, 2.45) is 0 Å². The van der Waals surface area contributed by atoms with E-state index in [0.717, 1.165) is 6.07 Å². The summed E-state index contributed by atoms with van der Waals surface area (Å²) in [6.45, 7) is 1.60. The second-order valence-corrected chi connectivity index (χ2v) is 5.01. The number of hydrogen-bond acceptors (Lipinski definition) is 4. The molecule has 1 aromatic heterocycles. The first-order chi connectivity index (χ1) is 12.7. The molecule has 0 saturated heterocycles. The molecule has 0 aliphatic heterocycles. The van der Waals surface area contributed by atoms with Crippen LogP contribution in [0.3, 0.4) is 0 Å². The number of benzene rings is 1. The molecular weight excluding hydrogens is 400 g/mol. The average Bonchev–Trinajstić information content (AvgIpc) is 2.55. The molecule has 152 valence electrons. The predicted molar refractivity (Wildman–Crippen MR) is 81.1 cm³/mol. The normalized spacial score (nSPS) is 11.2. The van der Waals surface area contributed by atoms with Crippen molar-refractivity contribution >= 4 is 11.9 Å². The summed E-state index contributed by atoms with van der Waals surface area (Å²) in [6.07, 6.45) is -8.18. The maximum absolute atomic E-state index is 12.7. The van der Waals surface area contributed by atoms with E-state index in [4.69, 9.17) is 19.7 Å². The Labute approximate surface area is 153 Å². The first kappa shape index (κ1) is 22.7. The maximum Gasteiger partial charge on any atom is 0.490 e. The molecule has 6 nitrogen and oxygen atoms in total. The predicted octanol–water partition coefficient (Wildman–Crippen LogP) is 4.53. The van der Waals surface area contributed by atoms with E-state index in [0.29, 0.717) is 17.8 Å². The molecule has 1 aromatic carbocycles. The second kappa shape index (κ2) is 8.59. The number of aryl methyl sites for hydroxylation is 1. The summed E-state index contributed by atoms with van der Waals surface area (Å²) < 4.78 is 75.1. The zero-order valence-electron chi connectivity index (χ0n) is 13.8. The van der Waals surface area contributed by atoms with Gasteiger partial charge in [0.1, 0.15) is 17.1 Å². The molecule has 0 atom stereocenters. The standard InChI is InChI=1S/C14H10F3NO3.C2HF3O2/c1-8-11(3-2-6-18-8)21-12-7-9(14(15,16)17)4-5-10(12)13(19)20;3-2(4,5)1(6)7/h2-7H,1H3,(H,19,20);(H,6,7). The van der Waals surface area contributed by atoms with Crippen LogP contribution in [0.2, 0.25) is 0 Å². The highest BCUT2D eigenvalue weighted by Crippen LogP contribution is 2.35. The average molecular weight is 411 g/mol. The van der Waals surface area contributed by atoms with Crippen molar-refractivity contribution in [2.75, 3.05) is 0 Å². The molecule has 0 radical (unpaired) electrons. The number of aliphatic carboxylic acids is 1. The van der Waals surface area contributed by atoms with Crippen LogP contribution in [0.15, 0.2) is 36.5 Å². The van der Waals surface area contributed by atoms with Crippen LogP contribution in [-0.2, 0) is 11.0 Å². The van der Waals surface area contributed by atoms with Crippen molar-refractivity contribution in [1.29, 1.82) is 0 Å². The highest BCUT2D eigenvalue weighted by molar-refractivity contribution is 5.91. The van der Waals surface area contributed by atoms with E-state index in [1.165, 1.54) is 18.3 Å². The number of ether oxygens (including phenoxy) is 1. The smallest absolute Gasteiger partial charge is 0.478 e. The van der Waals surface area contributed by atoms with Crippen LogP contribution < -0.4 is 4.74 Å². The van der Waals surface area contributed by atoms with Crippen molar-refractivity contribution in [3.8, 4) is 11.5 Å². The van der Waals surface area contributed by atoms with Crippen molar-refractivity contribution in [3.63, 3.8) is 0 Å². The van der Waals surface area contributed by atoms with Crippen molar-refractivity contribution in [3.05, 3.63) is 53.3 Å². The van der Waals surface area contributed by atoms with Crippen LogP contribution in [0.4, 0.5) is 26.3 Å². The van der Waals surface area contributed by atoms with Crippen molar-refractivity contribution in [2.45, 2.75) is 19.3 Å². The van der Waals surface area contributed by atoms with E-state index in [1.807, 2.05) is 0 Å². The van der Waals surface area contributed by atoms with Gasteiger partial charge in [0.25, 0.3) is 0 Å². The molecule has 0 aliphatic carbocycles. The lowest BCUT2D eigenvalue weighted by Gasteiger charge is -2.13. The second-order valence-electron chi connectivity index (χ2n) is 5.01. The monoisotopic (exact) mass is 411 g/mol. The number of halogens is 6. The van der Waals surface area contributed by atoms with Gasteiger partial charge in [0.2, 0.25) is 0 Å². The fourth-order valence-corrected chi connectivity index (χ4v) is 1.66. The highest BCUT2D eigenvalue weighted by atomic mass is 19.4. The van der Waals surface area contributed by atoms with E-state index < -0.39 is 29.9 Å². The lowest BCUT2D eigenvalue weighted by molar-refractivity contribution is -0.192. The summed E-state index contributed by atoms with van der Waals surface area (Å²) in [4.78, 5) is 23.9. The van der Waals surface area contributed by atoms with Gasteiger partial charge in [-0.25, -0.2) is 9.59 Å². The SMILES string of the molecule is Cc1ncccc1Oc1cc(C(F)(F)F)ccc1C(=O)O.O=C(O)C(F)(F)F. The van der Waals surface area contributed by atoms with Gasteiger partial charge in [-0.1, -0.05) is 0 Å². The van der Waals surface area contributed by atoms with Gasteiger partial charge < -0.3 is 14.9 Å². The summed E-state index contributed by atoms with van der Waals surface area (Å²) in [6, 6.07) is 5.26. The van der Waals surface area contributed by atoms with Gasteiger partial charge in [0, 0.05) is 6.20 Å². The number of alkyl halides is 6. The molecule has 28 heavy (non-hydrogen) atoms. The molecule has 12 heteroatoms. The molecule has 0 saturated carbocycles. The number of hydrogen-bond donors (Lipinski definition) is 2. The van der Waals surface area contributed by atoms with Gasteiger partial charge in [-0.05, 0) is 37.3 Å². The van der Waals surface area contributed by atoms with Gasteiger partial charge in [-0.3, -0.25) is 4.98 Å². The van der Waals surface area contributed by atoms with E-state index in [2.05, 4.69) is 4.98 Å². The van der Waals surface area contributed by atoms with Gasteiger partial charge >= 0.3 is 24.3 Å². The van der Waals surface area contributed by atoms with E-state index in [9.17, 15) is 31.1 Å². The molecule has 0 spiro atoms. The first-order valence-electron chi connectivity index (χ1n) is 7.07. The Morgan fingerprint density at radius 3 is 2.00 bits per heavy atom. The Bertz CT molecular complexity index is 863. The minimum absolute atomic E-state index is 0.194. The lowest BCUT2D eigenvalue weighted by Crippen LogP contribution is -2.21. The van der Waals surface area contributed by atoms with Crippen LogP contribution in [0, 0.1) is 6.92 Å². The van der Waals surface area contributed by atoms with Gasteiger partial charge in [-0.15, -0.1) is 0 Å². The highest BCUT2D eigenvalue weighted by Gasteiger charge is 2.38. The number of carboxylic acids is 2. The number of nitrogens with zero attached hydrogens (tertiary/aromatic N) is 1. The van der Waals surface area contributed by atoms with Gasteiger partial charge in [-0.2, -0.15) is 26.3 Å². The van der Waals surface area contributed by atoms with Crippen LogP contribution in [0.5, 0.6) is 11.5 Å². The third-order valence-electron chi connectivity index (χ3n) is 2.96. The summed E-state index contributed by atoms with van der Waals surface area (Å²) in [5.41, 5.74) is -0.901. The molecule has 0 unspecified atom stereocenters. The minimum Gasteiger partial charge on any atom is -0.478 e. The number of rotatable bonds is 3. The number of aromatic carboxylic acids is 1. The maximum atomic E-state index is 12.7. The molecular formula is C16H11F6NO5. The molecule has 0 aliphatic rings. The van der Waals surface area contributed by atoms with Crippen LogP contribution in [-0.4, -0.2) is 33.3 Å². The van der Waals surface area contributed by atoms with Gasteiger partial charge in [0.05, 0.1) is 11.3 Å². The third kappa shape index (κ3) is 6.45. The third-order valence-corrected chi connectivity index (χ3v) is 2.96. The first-order valence-corrected chi connectivity index (χ1v) is 7.07. The fraction of sp³-hybridized carbons (Fsp3) is 0.188. The molecule has 0 fully saturated rings. The molecule has 2 N–H and O–H groups in total. The van der Waals surface area contributed by atoms with E-state index >= 15 is 0 Å². The minimum atomic E-state index is -5.08. The zero-order chi connectivity index (χ0) is 21.7. The molecule has 1 heterocycles. The zero-order valence-corrected chi connectivity index (χ0v) is 13.8. The summed E-state index contributed by atoms with van der Waals surface area (Å²) in [5, 5.41) is 16.2. The van der Waals surface area contributed by atoms with Gasteiger partial charge in [0.15, 0.2) is 0 Å². The van der Waals surface area contributed by atoms with Crippen LogP contribution >= 0.6 is 0 Å². The molecule has 0 amide bonds. The summed E-state index contributed by atoms with van der Waals surface area (Å²) >= 11 is 0. The quantitative estimate of drug-likeness (QED) is 0.721. The van der Waals surface area contributed by atoms with E-state index in [-0.39, 0.29) is 17.1 Å². The summed E-state index contributed by atoms with van der Waals surface area (Å²) in [7, 11) is 0. The fourth-order valence-electron chi connectivity index (χ4n) is 1.66.